The molecule has 0 saturated heterocycles. The Morgan fingerprint density at radius 1 is 0.263 bits per heavy atom. The monoisotopic (exact) mass is 1030 g/mol. The van der Waals surface area contributed by atoms with E-state index < -0.39 is 0 Å². The van der Waals surface area contributed by atoms with Crippen LogP contribution in [-0.2, 0) is 0 Å². The minimum atomic E-state index is 1.11. The lowest BCUT2D eigenvalue weighted by molar-refractivity contribution is 0.602. The molecule has 13 aromatic carbocycles. The lowest BCUT2D eigenvalue weighted by atomic mass is 9.83. The molecule has 13 aromatic rings. The number of benzene rings is 13. The van der Waals surface area contributed by atoms with Crippen LogP contribution in [0.2, 0.25) is 0 Å². The number of hydrogen-bond acceptors (Lipinski definition) is 2. The second-order valence-corrected chi connectivity index (χ2v) is 22.1. The number of fused-ring (bicyclic) bond motifs is 6. The molecule has 0 radical (unpaired) electrons. The number of hydrogen-bond donors (Lipinski definition) is 0. The van der Waals surface area contributed by atoms with E-state index in [2.05, 4.69) is 291 Å². The standard InChI is InChI=1S/C78H62N2/c1-52-23-29-55(30-24-52)31-33-57-39-47-63(48-40-57)79(61-43-25-53(2)26-44-61)77-69-17-9-7-15-67(69)75-73-65(19-11-21-71(73)77)66-20-12-22-72-74(66)76(75)68-16-8-10-18-70(68)78(72)80(62-45-27-54(3)28-46-62)64-49-41-58(42-50-64)34-32-56-35-37-60(38-36-56)51-59-13-5-4-6-14-59/h7-12,15-51H,4-6,13-14H2,1-3H3/b33-31+,34-32+. The SMILES string of the molecule is Cc1ccc(/C=C/c2ccc(N(c3ccc(C)cc3)c3c4ccccc4c4c5c3cccc5c3cccc5c(N(c6ccc(C)cc6)c6ccc(/C=C/c7ccc(C=C8CCCCC8)cc7)cc6)c6ccccc6c4c53)cc2)cc1. The summed E-state index contributed by atoms with van der Waals surface area (Å²) in [6.07, 6.45) is 17.8. The fraction of sp³-hybridized carbons (Fsp3) is 0.103. The summed E-state index contributed by atoms with van der Waals surface area (Å²) in [5.74, 6) is 0. The van der Waals surface area contributed by atoms with Crippen molar-refractivity contribution in [2.75, 3.05) is 9.80 Å². The summed E-state index contributed by atoms with van der Waals surface area (Å²) in [6.45, 7) is 6.47. The molecule has 0 amide bonds. The first-order chi connectivity index (χ1) is 39.4. The fourth-order valence-electron chi connectivity index (χ4n) is 12.7. The predicted molar refractivity (Wildman–Crippen MR) is 348 cm³/mol. The summed E-state index contributed by atoms with van der Waals surface area (Å²) in [5.41, 5.74) is 18.1. The van der Waals surface area contributed by atoms with Crippen LogP contribution < -0.4 is 9.80 Å². The third-order valence-corrected chi connectivity index (χ3v) is 16.7. The Labute approximate surface area is 469 Å². The van der Waals surface area contributed by atoms with Crippen LogP contribution in [0, 0.1) is 20.8 Å². The van der Waals surface area contributed by atoms with E-state index in [0.29, 0.717) is 0 Å². The van der Waals surface area contributed by atoms with Crippen LogP contribution in [0.3, 0.4) is 0 Å². The fourth-order valence-corrected chi connectivity index (χ4v) is 12.7. The van der Waals surface area contributed by atoms with E-state index in [1.165, 1.54) is 141 Å². The van der Waals surface area contributed by atoms with Gasteiger partial charge in [-0.25, -0.2) is 0 Å². The lowest BCUT2D eigenvalue weighted by Gasteiger charge is -2.31. The van der Waals surface area contributed by atoms with Crippen LogP contribution in [0.5, 0.6) is 0 Å². The molecule has 2 nitrogen and oxygen atoms in total. The molecule has 1 aliphatic carbocycles. The first-order valence-electron chi connectivity index (χ1n) is 28.5. The second-order valence-electron chi connectivity index (χ2n) is 22.1. The van der Waals surface area contributed by atoms with Gasteiger partial charge in [-0.15, -0.1) is 0 Å². The number of anilines is 6. The maximum absolute atomic E-state index is 2.50. The number of allylic oxidation sites excluding steroid dienone is 1. The molecular weight excluding hydrogens is 965 g/mol. The van der Waals surface area contributed by atoms with Gasteiger partial charge >= 0.3 is 0 Å². The molecule has 0 heterocycles. The molecule has 384 valence electrons. The zero-order chi connectivity index (χ0) is 53.7. The van der Waals surface area contributed by atoms with Gasteiger partial charge in [0, 0.05) is 55.1 Å². The van der Waals surface area contributed by atoms with Crippen molar-refractivity contribution in [3.8, 4) is 0 Å². The van der Waals surface area contributed by atoms with Crippen molar-refractivity contribution in [3.63, 3.8) is 0 Å². The maximum Gasteiger partial charge on any atom is 0.0619 e. The summed E-state index contributed by atoms with van der Waals surface area (Å²) < 4.78 is 0. The highest BCUT2D eigenvalue weighted by Crippen LogP contribution is 2.55. The van der Waals surface area contributed by atoms with E-state index in [9.17, 15) is 0 Å². The Morgan fingerprint density at radius 3 is 0.950 bits per heavy atom. The largest absolute Gasteiger partial charge is 0.309 e. The zero-order valence-corrected chi connectivity index (χ0v) is 45.8. The smallest absolute Gasteiger partial charge is 0.0619 e. The minimum Gasteiger partial charge on any atom is -0.309 e. The summed E-state index contributed by atoms with van der Waals surface area (Å²) in [5, 5.41) is 14.9. The van der Waals surface area contributed by atoms with E-state index in [1.807, 2.05) is 0 Å². The summed E-state index contributed by atoms with van der Waals surface area (Å²) in [6, 6.07) is 86.2. The van der Waals surface area contributed by atoms with Crippen LogP contribution in [-0.4, -0.2) is 0 Å². The van der Waals surface area contributed by atoms with Gasteiger partial charge in [-0.3, -0.25) is 0 Å². The van der Waals surface area contributed by atoms with E-state index >= 15 is 0 Å². The van der Waals surface area contributed by atoms with Crippen LogP contribution in [0.4, 0.5) is 34.1 Å². The van der Waals surface area contributed by atoms with Crippen molar-refractivity contribution in [1.29, 1.82) is 0 Å². The number of nitrogens with zero attached hydrogens (tertiary/aromatic N) is 2. The van der Waals surface area contributed by atoms with Gasteiger partial charge in [0.2, 0.25) is 0 Å². The molecule has 1 saturated carbocycles. The molecule has 0 aromatic heterocycles. The topological polar surface area (TPSA) is 6.48 Å². The van der Waals surface area contributed by atoms with E-state index in [1.54, 1.807) is 5.57 Å². The van der Waals surface area contributed by atoms with Gasteiger partial charge < -0.3 is 9.80 Å². The van der Waals surface area contributed by atoms with Crippen LogP contribution in [0.15, 0.2) is 236 Å². The highest BCUT2D eigenvalue weighted by Gasteiger charge is 2.28. The Bertz CT molecular complexity index is 4510. The normalized spacial score (nSPS) is 13.1. The van der Waals surface area contributed by atoms with Crippen molar-refractivity contribution in [2.45, 2.75) is 52.9 Å². The maximum atomic E-state index is 2.50. The second kappa shape index (κ2) is 20.7. The molecule has 0 unspecified atom stereocenters. The lowest BCUT2D eigenvalue weighted by Crippen LogP contribution is -2.12. The van der Waals surface area contributed by atoms with Gasteiger partial charge in [-0.1, -0.05) is 241 Å². The zero-order valence-electron chi connectivity index (χ0n) is 45.8. The molecule has 0 spiro atoms. The Morgan fingerprint density at radius 2 is 0.550 bits per heavy atom. The van der Waals surface area contributed by atoms with Gasteiger partial charge in [0.05, 0.1) is 11.4 Å². The van der Waals surface area contributed by atoms with Gasteiger partial charge in [0.15, 0.2) is 0 Å². The Hall–Kier alpha value is -9.50. The molecule has 80 heavy (non-hydrogen) atoms. The van der Waals surface area contributed by atoms with Crippen molar-refractivity contribution in [3.05, 3.63) is 281 Å². The van der Waals surface area contributed by atoms with Crippen LogP contribution >= 0.6 is 0 Å². The average Bonchev–Trinajstić information content (AvgIpc) is 2.09. The molecule has 14 rings (SSSR count). The predicted octanol–water partition coefficient (Wildman–Crippen LogP) is 22.6. The number of rotatable bonds is 11. The molecule has 1 fully saturated rings. The summed E-state index contributed by atoms with van der Waals surface area (Å²) in [4.78, 5) is 4.99. The van der Waals surface area contributed by atoms with Crippen molar-refractivity contribution < 1.29 is 0 Å². The average molecular weight is 1030 g/mol. The Kier molecular flexibility index (Phi) is 12.6. The van der Waals surface area contributed by atoms with Gasteiger partial charge in [-0.05, 0) is 155 Å². The molecule has 0 N–H and O–H groups in total. The third-order valence-electron chi connectivity index (χ3n) is 16.7. The van der Waals surface area contributed by atoms with Gasteiger partial charge in [0.1, 0.15) is 0 Å². The molecule has 1 aliphatic rings. The Balaban J connectivity index is 0.946. The first-order valence-corrected chi connectivity index (χ1v) is 28.5. The summed E-state index contributed by atoms with van der Waals surface area (Å²) >= 11 is 0. The van der Waals surface area contributed by atoms with Crippen LogP contribution in [0.1, 0.15) is 76.6 Å². The molecule has 2 heteroatoms. The van der Waals surface area contributed by atoms with E-state index in [0.717, 1.165) is 33.9 Å². The molecule has 0 atom stereocenters. The van der Waals surface area contributed by atoms with Crippen LogP contribution in [0.25, 0.3) is 95.0 Å². The van der Waals surface area contributed by atoms with E-state index in [4.69, 9.17) is 0 Å². The quantitative estimate of drug-likeness (QED) is 0.0724. The van der Waals surface area contributed by atoms with E-state index in [-0.39, 0.29) is 0 Å². The minimum absolute atomic E-state index is 1.11. The van der Waals surface area contributed by atoms with Gasteiger partial charge in [0.25, 0.3) is 0 Å². The van der Waals surface area contributed by atoms with Crippen molar-refractivity contribution >= 4 is 129 Å². The number of aryl methyl sites for hydroxylation is 3. The summed E-state index contributed by atoms with van der Waals surface area (Å²) in [7, 11) is 0. The van der Waals surface area contributed by atoms with Gasteiger partial charge in [-0.2, -0.15) is 0 Å². The molecule has 0 bridgehead atoms. The first kappa shape index (κ1) is 48.8. The highest BCUT2D eigenvalue weighted by atomic mass is 15.2. The molecule has 0 aliphatic heterocycles. The van der Waals surface area contributed by atoms with Crippen molar-refractivity contribution in [2.24, 2.45) is 0 Å². The highest BCUT2D eigenvalue weighted by molar-refractivity contribution is 6.46. The van der Waals surface area contributed by atoms with Crippen molar-refractivity contribution in [1.82, 2.24) is 0 Å². The third kappa shape index (κ3) is 8.97. The molecular formula is C78H62N2.